The topological polar surface area (TPSA) is 24.9 Å². The van der Waals surface area contributed by atoms with Crippen molar-refractivity contribution in [2.45, 2.75) is 25.6 Å². The number of thiazole rings is 1. The molecule has 0 amide bonds. The lowest BCUT2D eigenvalue weighted by Crippen LogP contribution is -2.26. The van der Waals surface area contributed by atoms with E-state index in [2.05, 4.69) is 10.3 Å². The summed E-state index contributed by atoms with van der Waals surface area (Å²) < 4.78 is 39.4. The molecule has 0 aliphatic carbocycles. The van der Waals surface area contributed by atoms with Gasteiger partial charge in [-0.3, -0.25) is 0 Å². The second-order valence-electron chi connectivity index (χ2n) is 4.39. The van der Waals surface area contributed by atoms with Gasteiger partial charge in [-0.25, -0.2) is 4.98 Å². The van der Waals surface area contributed by atoms with Crippen LogP contribution in [0.3, 0.4) is 0 Å². The fraction of sp³-hybridized carbons (Fsp3) is 0.357. The Kier molecular flexibility index (Phi) is 4.77. The van der Waals surface area contributed by atoms with Crippen LogP contribution in [0.4, 0.5) is 13.2 Å². The molecule has 6 heteroatoms. The van der Waals surface area contributed by atoms with Crippen molar-refractivity contribution in [3.63, 3.8) is 0 Å². The zero-order valence-corrected chi connectivity index (χ0v) is 11.8. The van der Waals surface area contributed by atoms with Gasteiger partial charge in [0.1, 0.15) is 0 Å². The molecule has 1 unspecified atom stereocenters. The average molecular weight is 300 g/mol. The molecule has 0 bridgehead atoms. The summed E-state index contributed by atoms with van der Waals surface area (Å²) in [6, 6.07) is 5.12. The predicted octanol–water partition coefficient (Wildman–Crippen LogP) is 4.25. The Morgan fingerprint density at radius 1 is 1.30 bits per heavy atom. The van der Waals surface area contributed by atoms with Gasteiger partial charge in [0.05, 0.1) is 22.8 Å². The fourth-order valence-corrected chi connectivity index (χ4v) is 2.61. The Hall–Kier alpha value is -1.40. The molecule has 0 saturated carbocycles. The van der Waals surface area contributed by atoms with E-state index < -0.39 is 17.8 Å². The number of nitrogens with zero attached hydrogens (tertiary/aromatic N) is 1. The first-order valence-corrected chi connectivity index (χ1v) is 7.26. The van der Waals surface area contributed by atoms with E-state index in [1.807, 2.05) is 6.92 Å². The third-order valence-electron chi connectivity index (χ3n) is 2.92. The summed E-state index contributed by atoms with van der Waals surface area (Å²) in [7, 11) is 0. The monoisotopic (exact) mass is 300 g/mol. The third kappa shape index (κ3) is 3.37. The van der Waals surface area contributed by atoms with Gasteiger partial charge < -0.3 is 5.32 Å². The summed E-state index contributed by atoms with van der Waals surface area (Å²) in [6.45, 7) is 2.61. The zero-order valence-electron chi connectivity index (χ0n) is 10.9. The summed E-state index contributed by atoms with van der Waals surface area (Å²) >= 11 is 1.38. The standard InChI is InChI=1S/C14H15F3N2S/c1-2-7-18-13(12-8-20-9-19-12)10-5-3-4-6-11(10)14(15,16)17/h3-6,8-9,13,18H,2,7H2,1H3. The molecule has 0 fully saturated rings. The van der Waals surface area contributed by atoms with E-state index >= 15 is 0 Å². The first kappa shape index (κ1) is 15.0. The van der Waals surface area contributed by atoms with Gasteiger partial charge in [0, 0.05) is 5.38 Å². The normalized spacial score (nSPS) is 13.4. The minimum absolute atomic E-state index is 0.222. The van der Waals surface area contributed by atoms with Gasteiger partial charge in [0.2, 0.25) is 0 Å². The van der Waals surface area contributed by atoms with Crippen LogP contribution in [0.2, 0.25) is 0 Å². The molecule has 108 valence electrons. The predicted molar refractivity (Wildman–Crippen MR) is 73.7 cm³/mol. The fourth-order valence-electron chi connectivity index (χ4n) is 2.03. The van der Waals surface area contributed by atoms with Crippen molar-refractivity contribution in [1.82, 2.24) is 10.3 Å². The summed E-state index contributed by atoms with van der Waals surface area (Å²) in [5, 5.41) is 4.92. The minimum Gasteiger partial charge on any atom is -0.305 e. The number of benzene rings is 1. The molecule has 2 rings (SSSR count). The van der Waals surface area contributed by atoms with Crippen molar-refractivity contribution in [1.29, 1.82) is 0 Å². The second kappa shape index (κ2) is 6.37. The molecule has 1 heterocycles. The minimum atomic E-state index is -4.36. The molecule has 1 atom stereocenters. The van der Waals surface area contributed by atoms with E-state index in [9.17, 15) is 13.2 Å². The van der Waals surface area contributed by atoms with E-state index in [1.54, 1.807) is 17.0 Å². The molecule has 0 spiro atoms. The molecule has 20 heavy (non-hydrogen) atoms. The number of hydrogen-bond donors (Lipinski definition) is 1. The molecule has 2 aromatic rings. The van der Waals surface area contributed by atoms with E-state index in [-0.39, 0.29) is 5.56 Å². The second-order valence-corrected chi connectivity index (χ2v) is 5.10. The van der Waals surface area contributed by atoms with Crippen molar-refractivity contribution in [3.05, 3.63) is 52.0 Å². The molecule has 0 aliphatic heterocycles. The van der Waals surface area contributed by atoms with Crippen molar-refractivity contribution >= 4 is 11.3 Å². The molecule has 0 radical (unpaired) electrons. The van der Waals surface area contributed by atoms with Crippen LogP contribution in [0.15, 0.2) is 35.2 Å². The highest BCUT2D eigenvalue weighted by Crippen LogP contribution is 2.36. The van der Waals surface area contributed by atoms with Crippen LogP contribution < -0.4 is 5.32 Å². The highest BCUT2D eigenvalue weighted by Gasteiger charge is 2.35. The first-order valence-electron chi connectivity index (χ1n) is 6.31. The molecular weight excluding hydrogens is 285 g/mol. The van der Waals surface area contributed by atoms with Crippen LogP contribution >= 0.6 is 11.3 Å². The van der Waals surface area contributed by atoms with Crippen molar-refractivity contribution < 1.29 is 13.2 Å². The van der Waals surface area contributed by atoms with Crippen LogP contribution in [0.5, 0.6) is 0 Å². The van der Waals surface area contributed by atoms with E-state index in [0.29, 0.717) is 12.2 Å². The van der Waals surface area contributed by atoms with E-state index in [0.717, 1.165) is 12.5 Å². The lowest BCUT2D eigenvalue weighted by molar-refractivity contribution is -0.138. The third-order valence-corrected chi connectivity index (χ3v) is 3.53. The molecule has 0 aliphatic rings. The number of alkyl halides is 3. The molecular formula is C14H15F3N2S. The smallest absolute Gasteiger partial charge is 0.305 e. The summed E-state index contributed by atoms with van der Waals surface area (Å²) in [5.41, 5.74) is 1.87. The number of hydrogen-bond acceptors (Lipinski definition) is 3. The van der Waals surface area contributed by atoms with Crippen molar-refractivity contribution in [3.8, 4) is 0 Å². The van der Waals surface area contributed by atoms with Gasteiger partial charge >= 0.3 is 6.18 Å². The van der Waals surface area contributed by atoms with Crippen LogP contribution in [-0.2, 0) is 6.18 Å². The SMILES string of the molecule is CCCNC(c1cscn1)c1ccccc1C(F)(F)F. The summed E-state index contributed by atoms with van der Waals surface area (Å²) in [6.07, 6.45) is -3.52. The van der Waals surface area contributed by atoms with Crippen LogP contribution in [0.25, 0.3) is 0 Å². The average Bonchev–Trinajstić information content (AvgIpc) is 2.92. The largest absolute Gasteiger partial charge is 0.416 e. The van der Waals surface area contributed by atoms with Crippen LogP contribution in [0.1, 0.15) is 36.2 Å². The Morgan fingerprint density at radius 2 is 2.05 bits per heavy atom. The Balaban J connectivity index is 2.44. The van der Waals surface area contributed by atoms with Gasteiger partial charge in [0.15, 0.2) is 0 Å². The Morgan fingerprint density at radius 3 is 2.65 bits per heavy atom. The number of halogens is 3. The number of nitrogens with one attached hydrogen (secondary N) is 1. The molecule has 1 aromatic carbocycles. The maximum absolute atomic E-state index is 13.1. The molecule has 1 N–H and O–H groups in total. The highest BCUT2D eigenvalue weighted by atomic mass is 32.1. The lowest BCUT2D eigenvalue weighted by Gasteiger charge is -2.21. The van der Waals surface area contributed by atoms with Gasteiger partial charge in [0.25, 0.3) is 0 Å². The number of aromatic nitrogens is 1. The zero-order chi connectivity index (χ0) is 14.6. The van der Waals surface area contributed by atoms with E-state index in [1.165, 1.54) is 23.5 Å². The summed E-state index contributed by atoms with van der Waals surface area (Å²) in [5.74, 6) is 0. The summed E-state index contributed by atoms with van der Waals surface area (Å²) in [4.78, 5) is 4.16. The lowest BCUT2D eigenvalue weighted by atomic mass is 9.98. The maximum Gasteiger partial charge on any atom is 0.416 e. The van der Waals surface area contributed by atoms with Gasteiger partial charge in [-0.2, -0.15) is 13.2 Å². The quantitative estimate of drug-likeness (QED) is 0.893. The van der Waals surface area contributed by atoms with Gasteiger partial charge in [-0.05, 0) is 24.6 Å². The number of rotatable bonds is 5. The van der Waals surface area contributed by atoms with Crippen molar-refractivity contribution in [2.75, 3.05) is 6.54 Å². The Labute approximate surface area is 119 Å². The van der Waals surface area contributed by atoms with Crippen molar-refractivity contribution in [2.24, 2.45) is 0 Å². The van der Waals surface area contributed by atoms with Crippen LogP contribution in [-0.4, -0.2) is 11.5 Å². The maximum atomic E-state index is 13.1. The molecule has 1 aromatic heterocycles. The first-order chi connectivity index (χ1) is 9.54. The van der Waals surface area contributed by atoms with Gasteiger partial charge in [-0.15, -0.1) is 11.3 Å². The molecule has 0 saturated heterocycles. The van der Waals surface area contributed by atoms with Gasteiger partial charge in [-0.1, -0.05) is 25.1 Å². The highest BCUT2D eigenvalue weighted by molar-refractivity contribution is 7.07. The Bertz CT molecular complexity index is 538. The van der Waals surface area contributed by atoms with E-state index in [4.69, 9.17) is 0 Å². The molecule has 2 nitrogen and oxygen atoms in total. The van der Waals surface area contributed by atoms with Crippen LogP contribution in [0, 0.1) is 0 Å².